The van der Waals surface area contributed by atoms with E-state index in [9.17, 15) is 9.90 Å². The summed E-state index contributed by atoms with van der Waals surface area (Å²) in [5, 5.41) is 9.38. The molecule has 0 amide bonds. The van der Waals surface area contributed by atoms with Crippen molar-refractivity contribution in [2.75, 3.05) is 0 Å². The number of H-pyrrole nitrogens is 2. The van der Waals surface area contributed by atoms with Crippen molar-refractivity contribution >= 4 is 62.5 Å². The van der Waals surface area contributed by atoms with Crippen molar-refractivity contribution in [3.63, 3.8) is 0 Å². The smallest absolute Gasteiger partial charge is 0.303 e. The monoisotopic (exact) mass is 504 g/mol. The third-order valence-electron chi connectivity index (χ3n) is 7.82. The molecule has 0 fully saturated rings. The molecular weight excluding hydrogens is 472 g/mol. The number of rotatable bonds is 5. The van der Waals surface area contributed by atoms with Crippen LogP contribution in [0, 0.1) is 13.8 Å². The zero-order chi connectivity index (χ0) is 27.3. The van der Waals surface area contributed by atoms with E-state index >= 15 is 0 Å². The van der Waals surface area contributed by atoms with Crippen molar-refractivity contribution in [3.8, 4) is 0 Å². The predicted octanol–water partition coefficient (Wildman–Crippen LogP) is 7.96. The van der Waals surface area contributed by atoms with Crippen molar-refractivity contribution in [2.45, 2.75) is 47.5 Å². The molecule has 2 aliphatic rings. The zero-order valence-electron chi connectivity index (χ0n) is 22.5. The van der Waals surface area contributed by atoms with Crippen LogP contribution in [0.2, 0.25) is 0 Å². The number of aromatic amines is 2. The lowest BCUT2D eigenvalue weighted by Gasteiger charge is -2.03. The number of nitrogens with one attached hydrogen (secondary N) is 2. The SMILES string of the molecule is C=Cc1c(C)c2cc3[nH]c(cc4nc(cc5nc(cc1[nH]2)C(C)=C5C)C(CCC(=O)O)=C4C)c(C)c3C=C. The summed E-state index contributed by atoms with van der Waals surface area (Å²) in [5.74, 6) is -0.828. The molecule has 6 heteroatoms. The maximum Gasteiger partial charge on any atom is 0.303 e. The Bertz CT molecular complexity index is 1780. The molecule has 0 unspecified atom stereocenters. The first kappa shape index (κ1) is 25.2. The molecule has 0 aliphatic carbocycles. The van der Waals surface area contributed by atoms with E-state index in [1.54, 1.807) is 0 Å². The summed E-state index contributed by atoms with van der Waals surface area (Å²) in [5.41, 5.74) is 15.4. The number of aromatic nitrogens is 4. The Morgan fingerprint density at radius 3 is 1.79 bits per heavy atom. The number of aryl methyl sites for hydroxylation is 2. The van der Waals surface area contributed by atoms with Gasteiger partial charge in [0.25, 0.3) is 0 Å². The molecule has 0 spiro atoms. The van der Waals surface area contributed by atoms with Crippen LogP contribution in [0.4, 0.5) is 0 Å². The first-order valence-corrected chi connectivity index (χ1v) is 12.7. The van der Waals surface area contributed by atoms with Gasteiger partial charge in [-0.05, 0) is 98.7 Å². The molecule has 0 radical (unpaired) electrons. The van der Waals surface area contributed by atoms with E-state index in [1.165, 1.54) is 0 Å². The van der Waals surface area contributed by atoms with Gasteiger partial charge in [-0.2, -0.15) is 0 Å². The number of carboxylic acids is 1. The Labute approximate surface area is 222 Å². The third-order valence-corrected chi connectivity index (χ3v) is 7.82. The minimum atomic E-state index is -0.828. The molecule has 0 atom stereocenters. The molecule has 0 saturated heterocycles. The summed E-state index contributed by atoms with van der Waals surface area (Å²) >= 11 is 0. The average molecular weight is 505 g/mol. The second kappa shape index (κ2) is 9.45. The van der Waals surface area contributed by atoms with Crippen LogP contribution in [0.15, 0.2) is 37.4 Å². The van der Waals surface area contributed by atoms with Crippen LogP contribution in [0.1, 0.15) is 78.6 Å². The highest BCUT2D eigenvalue weighted by Gasteiger charge is 2.20. The number of allylic oxidation sites excluding steroid dienone is 4. The standard InChI is InChI=1S/C32H32N4O2/c1-8-21-18(5)26-12-27-20(7)23(10-11-32(37)38)31(36-27)14-25-17(4)16(3)24(33-25)13-29-22(9-2)19(6)28(35-29)15-30(21)34-26/h8-9,12-15,34-35H,1-2,10-11H2,3-7H3,(H,37,38). The van der Waals surface area contributed by atoms with Gasteiger partial charge in [0.1, 0.15) is 0 Å². The normalized spacial score (nSPS) is 13.3. The van der Waals surface area contributed by atoms with Crippen molar-refractivity contribution < 1.29 is 9.90 Å². The molecule has 3 aromatic rings. The Balaban J connectivity index is 1.95. The lowest BCUT2D eigenvalue weighted by atomic mass is 10.0. The van der Waals surface area contributed by atoms with Crippen LogP contribution in [0.25, 0.3) is 56.5 Å². The van der Waals surface area contributed by atoms with Gasteiger partial charge >= 0.3 is 5.97 Å². The summed E-state index contributed by atoms with van der Waals surface area (Å²) in [6.45, 7) is 18.4. The summed E-state index contributed by atoms with van der Waals surface area (Å²) < 4.78 is 0. The number of aliphatic carboxylic acids is 1. The van der Waals surface area contributed by atoms with E-state index in [4.69, 9.17) is 9.97 Å². The minimum Gasteiger partial charge on any atom is -0.481 e. The molecular formula is C32H32N4O2. The maximum absolute atomic E-state index is 11.4. The molecule has 38 heavy (non-hydrogen) atoms. The number of carbonyl (C=O) groups is 1. The van der Waals surface area contributed by atoms with E-state index in [0.29, 0.717) is 6.42 Å². The molecule has 0 saturated carbocycles. The first-order chi connectivity index (χ1) is 18.1. The van der Waals surface area contributed by atoms with Crippen LogP contribution < -0.4 is 0 Å². The van der Waals surface area contributed by atoms with Gasteiger partial charge in [-0.15, -0.1) is 0 Å². The van der Waals surface area contributed by atoms with Gasteiger partial charge in [0.2, 0.25) is 0 Å². The van der Waals surface area contributed by atoms with Crippen molar-refractivity contribution in [1.82, 2.24) is 19.9 Å². The van der Waals surface area contributed by atoms with Gasteiger partial charge in [0.15, 0.2) is 0 Å². The summed E-state index contributed by atoms with van der Waals surface area (Å²) in [7, 11) is 0. The fraction of sp³-hybridized carbons (Fsp3) is 0.219. The fourth-order valence-corrected chi connectivity index (χ4v) is 5.29. The molecule has 6 nitrogen and oxygen atoms in total. The molecule has 0 aromatic carbocycles. The number of carboxylic acid groups (broad SMARTS) is 1. The van der Waals surface area contributed by atoms with Crippen molar-refractivity contribution in [2.24, 2.45) is 0 Å². The Hall–Kier alpha value is -4.45. The average Bonchev–Trinajstić information content (AvgIpc) is 3.52. The van der Waals surface area contributed by atoms with Gasteiger partial charge in [-0.25, -0.2) is 9.97 Å². The topological polar surface area (TPSA) is 94.7 Å². The van der Waals surface area contributed by atoms with E-state index < -0.39 is 5.97 Å². The summed E-state index contributed by atoms with van der Waals surface area (Å²) in [4.78, 5) is 28.5. The van der Waals surface area contributed by atoms with E-state index in [1.807, 2.05) is 31.2 Å². The van der Waals surface area contributed by atoms with Crippen molar-refractivity contribution in [1.29, 1.82) is 0 Å². The van der Waals surface area contributed by atoms with Crippen LogP contribution in [0.3, 0.4) is 0 Å². The minimum absolute atomic E-state index is 0.0398. The quantitative estimate of drug-likeness (QED) is 0.328. The van der Waals surface area contributed by atoms with Gasteiger partial charge < -0.3 is 15.1 Å². The van der Waals surface area contributed by atoms with Crippen LogP contribution >= 0.6 is 0 Å². The number of hydrogen-bond donors (Lipinski definition) is 3. The second-order valence-electron chi connectivity index (χ2n) is 9.98. The largest absolute Gasteiger partial charge is 0.481 e. The Morgan fingerprint density at radius 1 is 0.737 bits per heavy atom. The molecule has 8 bridgehead atoms. The molecule has 5 rings (SSSR count). The van der Waals surface area contributed by atoms with Crippen LogP contribution in [-0.2, 0) is 4.79 Å². The van der Waals surface area contributed by atoms with Gasteiger partial charge in [-0.3, -0.25) is 4.79 Å². The lowest BCUT2D eigenvalue weighted by molar-refractivity contribution is -0.136. The predicted molar refractivity (Wildman–Crippen MR) is 158 cm³/mol. The van der Waals surface area contributed by atoms with Gasteiger partial charge in [0, 0.05) is 39.6 Å². The van der Waals surface area contributed by atoms with E-state index in [-0.39, 0.29) is 6.42 Å². The van der Waals surface area contributed by atoms with Gasteiger partial charge in [-0.1, -0.05) is 25.3 Å². The highest BCUT2D eigenvalue weighted by atomic mass is 16.4. The maximum atomic E-state index is 11.4. The Kier molecular flexibility index (Phi) is 6.27. The molecule has 3 N–H and O–H groups in total. The van der Waals surface area contributed by atoms with E-state index in [2.05, 4.69) is 63.0 Å². The van der Waals surface area contributed by atoms with Gasteiger partial charge in [0.05, 0.1) is 22.8 Å². The second-order valence-corrected chi connectivity index (χ2v) is 9.98. The number of nitrogens with zero attached hydrogens (tertiary/aromatic N) is 2. The summed E-state index contributed by atoms with van der Waals surface area (Å²) in [6, 6.07) is 8.21. The number of hydrogen-bond acceptors (Lipinski definition) is 3. The molecule has 3 aromatic heterocycles. The first-order valence-electron chi connectivity index (χ1n) is 12.7. The van der Waals surface area contributed by atoms with Crippen LogP contribution in [0.5, 0.6) is 0 Å². The Morgan fingerprint density at radius 2 is 1.21 bits per heavy atom. The zero-order valence-corrected chi connectivity index (χ0v) is 22.5. The molecule has 2 aliphatic heterocycles. The molecule has 192 valence electrons. The van der Waals surface area contributed by atoms with Crippen LogP contribution in [-0.4, -0.2) is 31.0 Å². The number of fused-ring (bicyclic) bond motifs is 8. The molecule has 5 heterocycles. The van der Waals surface area contributed by atoms with Crippen molar-refractivity contribution in [3.05, 3.63) is 82.5 Å². The fourth-order valence-electron chi connectivity index (χ4n) is 5.29. The van der Waals surface area contributed by atoms with E-state index in [0.717, 1.165) is 89.4 Å². The highest BCUT2D eigenvalue weighted by Crippen LogP contribution is 2.36. The summed E-state index contributed by atoms with van der Waals surface area (Å²) in [6.07, 6.45) is 4.19. The lowest BCUT2D eigenvalue weighted by Crippen LogP contribution is -1.95. The highest BCUT2D eigenvalue weighted by molar-refractivity contribution is 5.96. The third kappa shape index (κ3) is 4.12.